The second kappa shape index (κ2) is 9.97. The third kappa shape index (κ3) is 6.29. The molecule has 1 unspecified atom stereocenters. The van der Waals surface area contributed by atoms with Gasteiger partial charge in [-0.15, -0.1) is 0 Å². The van der Waals surface area contributed by atoms with Gasteiger partial charge in [0.05, 0.1) is 7.11 Å². The lowest BCUT2D eigenvalue weighted by atomic mass is 10.0. The van der Waals surface area contributed by atoms with Gasteiger partial charge in [0.15, 0.2) is 0 Å². The molecule has 0 aliphatic heterocycles. The number of halogens is 1. The topological polar surface area (TPSA) is 67.4 Å². The number of nitrogens with one attached hydrogen (secondary N) is 2. The first-order chi connectivity index (χ1) is 12.9. The minimum absolute atomic E-state index is 0.0396. The van der Waals surface area contributed by atoms with E-state index in [2.05, 4.69) is 10.6 Å². The van der Waals surface area contributed by atoms with Crippen molar-refractivity contribution in [2.24, 2.45) is 5.92 Å². The van der Waals surface area contributed by atoms with E-state index < -0.39 is 6.04 Å². The van der Waals surface area contributed by atoms with Crippen LogP contribution in [0.4, 0.5) is 0 Å². The van der Waals surface area contributed by atoms with Gasteiger partial charge in [-0.2, -0.15) is 0 Å². The summed E-state index contributed by atoms with van der Waals surface area (Å²) in [6.45, 7) is 4.29. The zero-order chi connectivity index (χ0) is 19.8. The molecule has 0 aliphatic rings. The minimum atomic E-state index is -0.607. The Hall–Kier alpha value is -2.53. The summed E-state index contributed by atoms with van der Waals surface area (Å²) in [7, 11) is 1.62. The Morgan fingerprint density at radius 2 is 1.67 bits per heavy atom. The Morgan fingerprint density at radius 3 is 2.22 bits per heavy atom. The lowest BCUT2D eigenvalue weighted by Crippen LogP contribution is -2.50. The second-order valence-corrected chi connectivity index (χ2v) is 7.03. The largest absolute Gasteiger partial charge is 0.497 e. The summed E-state index contributed by atoms with van der Waals surface area (Å²) in [6, 6.07) is 13.7. The quantitative estimate of drug-likeness (QED) is 0.727. The van der Waals surface area contributed by atoms with Crippen molar-refractivity contribution in [2.75, 3.05) is 13.7 Å². The van der Waals surface area contributed by atoms with Crippen LogP contribution in [0.25, 0.3) is 0 Å². The molecule has 0 aliphatic carbocycles. The monoisotopic (exact) mass is 388 g/mol. The number of amides is 2. The van der Waals surface area contributed by atoms with E-state index in [1.54, 1.807) is 31.4 Å². The molecule has 0 bridgehead atoms. The molecule has 0 saturated heterocycles. The fourth-order valence-electron chi connectivity index (χ4n) is 2.59. The summed E-state index contributed by atoms with van der Waals surface area (Å²) >= 11 is 5.84. The van der Waals surface area contributed by atoms with E-state index in [-0.39, 0.29) is 17.7 Å². The van der Waals surface area contributed by atoms with Gasteiger partial charge in [-0.3, -0.25) is 9.59 Å². The lowest BCUT2D eigenvalue weighted by Gasteiger charge is -2.22. The molecule has 6 heteroatoms. The predicted molar refractivity (Wildman–Crippen MR) is 107 cm³/mol. The number of hydrogen-bond acceptors (Lipinski definition) is 3. The summed E-state index contributed by atoms with van der Waals surface area (Å²) in [5.41, 5.74) is 1.57. The van der Waals surface area contributed by atoms with Crippen LogP contribution in [0.3, 0.4) is 0 Å². The molecule has 2 aromatic rings. The smallest absolute Gasteiger partial charge is 0.251 e. The van der Waals surface area contributed by atoms with E-state index in [1.165, 1.54) is 0 Å². The van der Waals surface area contributed by atoms with E-state index >= 15 is 0 Å². The maximum Gasteiger partial charge on any atom is 0.251 e. The Morgan fingerprint density at radius 1 is 1.04 bits per heavy atom. The van der Waals surface area contributed by atoms with Crippen LogP contribution in [0, 0.1) is 5.92 Å². The second-order valence-electron chi connectivity index (χ2n) is 6.59. The van der Waals surface area contributed by atoms with Crippen molar-refractivity contribution >= 4 is 23.4 Å². The highest BCUT2D eigenvalue weighted by Gasteiger charge is 2.24. The van der Waals surface area contributed by atoms with Gasteiger partial charge in [-0.05, 0) is 54.3 Å². The summed E-state index contributed by atoms with van der Waals surface area (Å²) < 4.78 is 5.13. The van der Waals surface area contributed by atoms with Crippen LogP contribution >= 0.6 is 11.6 Å². The molecular formula is C21H25ClN2O3. The average Bonchev–Trinajstić information content (AvgIpc) is 2.66. The third-order valence-electron chi connectivity index (χ3n) is 4.21. The summed E-state index contributed by atoms with van der Waals surface area (Å²) in [5, 5.41) is 6.26. The maximum atomic E-state index is 12.5. The first-order valence-corrected chi connectivity index (χ1v) is 9.25. The van der Waals surface area contributed by atoms with Crippen molar-refractivity contribution in [1.82, 2.24) is 10.6 Å². The first-order valence-electron chi connectivity index (χ1n) is 8.87. The van der Waals surface area contributed by atoms with Gasteiger partial charge in [0.25, 0.3) is 5.91 Å². The molecule has 1 atom stereocenters. The summed E-state index contributed by atoms with van der Waals surface area (Å²) in [6.07, 6.45) is 0.700. The van der Waals surface area contributed by atoms with E-state index in [1.807, 2.05) is 38.1 Å². The number of carbonyl (C=O) groups is 2. The Kier molecular flexibility index (Phi) is 7.67. The fourth-order valence-corrected chi connectivity index (χ4v) is 2.72. The number of carbonyl (C=O) groups excluding carboxylic acids is 2. The van der Waals surface area contributed by atoms with Crippen LogP contribution in [0.1, 0.15) is 29.8 Å². The van der Waals surface area contributed by atoms with Gasteiger partial charge in [0.1, 0.15) is 11.8 Å². The average molecular weight is 389 g/mol. The van der Waals surface area contributed by atoms with Gasteiger partial charge < -0.3 is 15.4 Å². The summed E-state index contributed by atoms with van der Waals surface area (Å²) in [5.74, 6) is 0.270. The molecule has 2 rings (SSSR count). The van der Waals surface area contributed by atoms with Gasteiger partial charge in [-0.25, -0.2) is 0 Å². The number of ether oxygens (including phenoxy) is 1. The molecule has 0 spiro atoms. The van der Waals surface area contributed by atoms with Crippen LogP contribution in [0.5, 0.6) is 5.75 Å². The molecule has 0 radical (unpaired) electrons. The van der Waals surface area contributed by atoms with E-state index in [0.717, 1.165) is 11.3 Å². The zero-order valence-corrected chi connectivity index (χ0v) is 16.5. The molecule has 2 aromatic carbocycles. The van der Waals surface area contributed by atoms with Crippen molar-refractivity contribution in [2.45, 2.75) is 26.3 Å². The molecule has 0 aromatic heterocycles. The van der Waals surface area contributed by atoms with Crippen molar-refractivity contribution in [1.29, 1.82) is 0 Å². The van der Waals surface area contributed by atoms with E-state index in [9.17, 15) is 9.59 Å². The molecule has 0 heterocycles. The Labute approximate surface area is 165 Å². The highest BCUT2D eigenvalue weighted by atomic mass is 35.5. The molecule has 5 nitrogen and oxygen atoms in total. The van der Waals surface area contributed by atoms with Crippen LogP contribution in [0.2, 0.25) is 5.02 Å². The van der Waals surface area contributed by atoms with Crippen LogP contribution in [-0.4, -0.2) is 31.5 Å². The number of methoxy groups -OCH3 is 1. The molecule has 144 valence electrons. The third-order valence-corrected chi connectivity index (χ3v) is 4.47. The van der Waals surface area contributed by atoms with Crippen molar-refractivity contribution in [3.05, 3.63) is 64.7 Å². The van der Waals surface area contributed by atoms with Gasteiger partial charge >= 0.3 is 0 Å². The number of rotatable bonds is 8. The number of hydrogen-bond donors (Lipinski definition) is 2. The first kappa shape index (κ1) is 20.8. The Bertz CT molecular complexity index is 758. The molecule has 2 amide bonds. The van der Waals surface area contributed by atoms with Gasteiger partial charge in [0.2, 0.25) is 5.91 Å². The highest BCUT2D eigenvalue weighted by molar-refractivity contribution is 6.30. The van der Waals surface area contributed by atoms with Crippen LogP contribution in [-0.2, 0) is 11.2 Å². The predicted octanol–water partition coefficient (Wildman–Crippen LogP) is 3.46. The SMILES string of the molecule is COc1ccc(CCNC(=O)C(NC(=O)c2ccc(Cl)cc2)C(C)C)cc1. The van der Waals surface area contributed by atoms with Crippen molar-refractivity contribution in [3.63, 3.8) is 0 Å². The summed E-state index contributed by atoms with van der Waals surface area (Å²) in [4.78, 5) is 24.9. The minimum Gasteiger partial charge on any atom is -0.497 e. The van der Waals surface area contributed by atoms with Gasteiger partial charge in [-0.1, -0.05) is 37.6 Å². The Balaban J connectivity index is 1.89. The molecule has 2 N–H and O–H groups in total. The molecule has 0 saturated carbocycles. The van der Waals surface area contributed by atoms with Gasteiger partial charge in [0, 0.05) is 17.1 Å². The standard InChI is InChI=1S/C21H25ClN2O3/c1-14(2)19(24-20(25)16-6-8-17(22)9-7-16)21(26)23-13-12-15-4-10-18(27-3)11-5-15/h4-11,14,19H,12-13H2,1-3H3,(H,23,26)(H,24,25). The highest BCUT2D eigenvalue weighted by Crippen LogP contribution is 2.12. The molecule has 0 fully saturated rings. The van der Waals surface area contributed by atoms with Crippen LogP contribution in [0.15, 0.2) is 48.5 Å². The van der Waals surface area contributed by atoms with E-state index in [0.29, 0.717) is 23.6 Å². The number of benzene rings is 2. The van der Waals surface area contributed by atoms with E-state index in [4.69, 9.17) is 16.3 Å². The maximum absolute atomic E-state index is 12.5. The fraction of sp³-hybridized carbons (Fsp3) is 0.333. The lowest BCUT2D eigenvalue weighted by molar-refractivity contribution is -0.123. The zero-order valence-electron chi connectivity index (χ0n) is 15.8. The normalized spacial score (nSPS) is 11.7. The molecule has 27 heavy (non-hydrogen) atoms. The van der Waals surface area contributed by atoms with Crippen molar-refractivity contribution in [3.8, 4) is 5.75 Å². The molecular weight excluding hydrogens is 364 g/mol. The van der Waals surface area contributed by atoms with Crippen molar-refractivity contribution < 1.29 is 14.3 Å². The van der Waals surface area contributed by atoms with Crippen LogP contribution < -0.4 is 15.4 Å².